The van der Waals surface area contributed by atoms with Gasteiger partial charge in [0.1, 0.15) is 6.54 Å². The molecule has 1 aliphatic rings. The number of halogens is 3. The van der Waals surface area contributed by atoms with Crippen LogP contribution in [0.3, 0.4) is 0 Å². The van der Waals surface area contributed by atoms with Crippen molar-refractivity contribution in [3.05, 3.63) is 35.4 Å². The molecule has 5 nitrogen and oxygen atoms in total. The molecule has 150 valence electrons. The Morgan fingerprint density at radius 1 is 1.22 bits per heavy atom. The summed E-state index contributed by atoms with van der Waals surface area (Å²) in [5.74, 6) is -0.687. The van der Waals surface area contributed by atoms with Crippen LogP contribution in [0.5, 0.6) is 0 Å². The first-order valence-corrected chi connectivity index (χ1v) is 9.03. The summed E-state index contributed by atoms with van der Waals surface area (Å²) in [6.45, 7) is 2.63. The molecule has 2 rings (SSSR count). The zero-order valence-corrected chi connectivity index (χ0v) is 15.6. The number of benzene rings is 1. The summed E-state index contributed by atoms with van der Waals surface area (Å²) in [5.41, 5.74) is 0.0856. The van der Waals surface area contributed by atoms with Gasteiger partial charge in [0, 0.05) is 13.1 Å². The highest BCUT2D eigenvalue weighted by Crippen LogP contribution is 2.34. The molecule has 0 aliphatic carbocycles. The van der Waals surface area contributed by atoms with Crippen LogP contribution >= 0.6 is 0 Å². The fraction of sp³-hybridized carbons (Fsp3) is 0.579. The molecular formula is C19H25F3N2O3. The van der Waals surface area contributed by atoms with E-state index < -0.39 is 17.7 Å². The van der Waals surface area contributed by atoms with Crippen molar-refractivity contribution in [2.45, 2.75) is 38.4 Å². The first-order chi connectivity index (χ1) is 12.7. The molecule has 8 heteroatoms. The van der Waals surface area contributed by atoms with Crippen LogP contribution in [0.1, 0.15) is 43.4 Å². The van der Waals surface area contributed by atoms with Gasteiger partial charge in [-0.15, -0.1) is 0 Å². The van der Waals surface area contributed by atoms with Gasteiger partial charge < -0.3 is 9.64 Å². The van der Waals surface area contributed by atoms with Crippen LogP contribution in [-0.2, 0) is 20.5 Å². The molecule has 0 N–H and O–H groups in total. The number of alkyl halides is 3. The van der Waals surface area contributed by atoms with Gasteiger partial charge in [0.2, 0.25) is 5.91 Å². The predicted molar refractivity (Wildman–Crippen MR) is 93.9 cm³/mol. The lowest BCUT2D eigenvalue weighted by Crippen LogP contribution is -2.43. The molecule has 1 aliphatic heterocycles. The average molecular weight is 386 g/mol. The molecule has 1 heterocycles. The third-order valence-electron chi connectivity index (χ3n) is 4.67. The van der Waals surface area contributed by atoms with Gasteiger partial charge in [-0.25, -0.2) is 0 Å². The molecule has 0 saturated carbocycles. The van der Waals surface area contributed by atoms with Crippen molar-refractivity contribution >= 4 is 11.9 Å². The summed E-state index contributed by atoms with van der Waals surface area (Å²) >= 11 is 0. The smallest absolute Gasteiger partial charge is 0.416 e. The molecular weight excluding hydrogens is 361 g/mol. The Morgan fingerprint density at radius 3 is 2.48 bits per heavy atom. The molecule has 1 saturated heterocycles. The van der Waals surface area contributed by atoms with Gasteiger partial charge >= 0.3 is 12.1 Å². The molecule has 1 atom stereocenters. The highest BCUT2D eigenvalue weighted by Gasteiger charge is 2.31. The Hall–Kier alpha value is -2.09. The van der Waals surface area contributed by atoms with Crippen molar-refractivity contribution in [2.75, 3.05) is 33.3 Å². The van der Waals surface area contributed by atoms with Crippen LogP contribution in [0.4, 0.5) is 13.2 Å². The minimum Gasteiger partial charge on any atom is -0.465 e. The zero-order valence-electron chi connectivity index (χ0n) is 15.6. The third-order valence-corrected chi connectivity index (χ3v) is 4.67. The van der Waals surface area contributed by atoms with E-state index in [0.29, 0.717) is 6.54 Å². The topological polar surface area (TPSA) is 49.9 Å². The van der Waals surface area contributed by atoms with Crippen molar-refractivity contribution in [1.82, 2.24) is 9.80 Å². The van der Waals surface area contributed by atoms with Gasteiger partial charge in [-0.1, -0.05) is 18.6 Å². The van der Waals surface area contributed by atoms with Gasteiger partial charge in [0.15, 0.2) is 0 Å². The van der Waals surface area contributed by atoms with E-state index in [4.69, 9.17) is 4.74 Å². The van der Waals surface area contributed by atoms with Crippen molar-refractivity contribution in [3.63, 3.8) is 0 Å². The van der Waals surface area contributed by atoms with Gasteiger partial charge in [-0.05, 0) is 44.0 Å². The van der Waals surface area contributed by atoms with E-state index in [0.717, 1.165) is 37.0 Å². The number of nitrogens with zero attached hydrogens (tertiary/aromatic N) is 2. The summed E-state index contributed by atoms with van der Waals surface area (Å²) in [7, 11) is 1.54. The molecule has 1 unspecified atom stereocenters. The maximum absolute atomic E-state index is 12.8. The number of carbonyl (C=O) groups is 2. The van der Waals surface area contributed by atoms with E-state index in [9.17, 15) is 22.8 Å². The number of rotatable bonds is 6. The molecule has 0 spiro atoms. The van der Waals surface area contributed by atoms with Crippen LogP contribution in [0, 0.1) is 0 Å². The third kappa shape index (κ3) is 5.95. The second-order valence-electron chi connectivity index (χ2n) is 6.66. The fourth-order valence-corrected chi connectivity index (χ4v) is 3.23. The zero-order chi connectivity index (χ0) is 20.0. The van der Waals surface area contributed by atoms with Crippen molar-refractivity contribution in [1.29, 1.82) is 0 Å². The minimum absolute atomic E-state index is 0.110. The number of carbonyl (C=O) groups excluding carboxylic acids is 2. The standard InChI is InChI=1S/C19H25F3N2O3/c1-3-27-18(26)13-23(2)17(25)12-24-11-5-4-6-16(24)14-7-9-15(10-8-14)19(20,21)22/h7-10,16H,3-6,11-13H2,1-2H3. The lowest BCUT2D eigenvalue weighted by Gasteiger charge is -2.36. The SMILES string of the molecule is CCOC(=O)CN(C)C(=O)CN1CCCCC1c1ccc(C(F)(F)F)cc1. The maximum Gasteiger partial charge on any atom is 0.416 e. The van der Waals surface area contributed by atoms with Crippen molar-refractivity contribution in [3.8, 4) is 0 Å². The monoisotopic (exact) mass is 386 g/mol. The molecule has 1 aromatic carbocycles. The summed E-state index contributed by atoms with van der Waals surface area (Å²) in [4.78, 5) is 27.3. The molecule has 27 heavy (non-hydrogen) atoms. The number of esters is 1. The van der Waals surface area contributed by atoms with Crippen molar-refractivity contribution in [2.24, 2.45) is 0 Å². The lowest BCUT2D eigenvalue weighted by molar-refractivity contribution is -0.148. The van der Waals surface area contributed by atoms with E-state index >= 15 is 0 Å². The van der Waals surface area contributed by atoms with Crippen LogP contribution in [0.2, 0.25) is 0 Å². The number of hydrogen-bond donors (Lipinski definition) is 0. The largest absolute Gasteiger partial charge is 0.465 e. The molecule has 0 bridgehead atoms. The quantitative estimate of drug-likeness (QED) is 0.705. The van der Waals surface area contributed by atoms with Crippen LogP contribution in [-0.4, -0.2) is 55.0 Å². The summed E-state index contributed by atoms with van der Waals surface area (Å²) in [5, 5.41) is 0. The number of likely N-dealkylation sites (N-methyl/N-ethyl adjacent to an activating group) is 1. The van der Waals surface area contributed by atoms with Crippen LogP contribution < -0.4 is 0 Å². The Balaban J connectivity index is 2.04. The maximum atomic E-state index is 12.8. The Morgan fingerprint density at radius 2 is 1.89 bits per heavy atom. The van der Waals surface area contributed by atoms with Crippen molar-refractivity contribution < 1.29 is 27.5 Å². The fourth-order valence-electron chi connectivity index (χ4n) is 3.23. The number of likely N-dealkylation sites (tertiary alicyclic amines) is 1. The first kappa shape index (κ1) is 21.2. The Kier molecular flexibility index (Phi) is 7.24. The van der Waals surface area contributed by atoms with Gasteiger partial charge in [-0.2, -0.15) is 13.2 Å². The number of amides is 1. The van der Waals surface area contributed by atoms with Crippen LogP contribution in [0.15, 0.2) is 24.3 Å². The molecule has 1 amide bonds. The Bertz CT molecular complexity index is 647. The van der Waals surface area contributed by atoms with Crippen LogP contribution in [0.25, 0.3) is 0 Å². The minimum atomic E-state index is -4.36. The second-order valence-corrected chi connectivity index (χ2v) is 6.66. The summed E-state index contributed by atoms with van der Waals surface area (Å²) < 4.78 is 43.1. The predicted octanol–water partition coefficient (Wildman–Crippen LogP) is 3.25. The Labute approximate surface area is 157 Å². The van der Waals surface area contributed by atoms with E-state index in [-0.39, 0.29) is 31.6 Å². The molecule has 1 fully saturated rings. The average Bonchev–Trinajstić information content (AvgIpc) is 2.61. The molecule has 0 aromatic heterocycles. The highest BCUT2D eigenvalue weighted by molar-refractivity contribution is 5.83. The second kappa shape index (κ2) is 9.21. The van der Waals surface area contributed by atoms with E-state index in [2.05, 4.69) is 0 Å². The normalized spacial score (nSPS) is 18.2. The number of hydrogen-bond acceptors (Lipinski definition) is 4. The van der Waals surface area contributed by atoms with E-state index in [1.165, 1.54) is 24.1 Å². The summed E-state index contributed by atoms with van der Waals surface area (Å²) in [6.07, 6.45) is -1.71. The molecule has 0 radical (unpaired) electrons. The van der Waals surface area contributed by atoms with Gasteiger partial charge in [0.25, 0.3) is 0 Å². The van der Waals surface area contributed by atoms with E-state index in [1.54, 1.807) is 6.92 Å². The lowest BCUT2D eigenvalue weighted by atomic mass is 9.94. The van der Waals surface area contributed by atoms with Gasteiger partial charge in [-0.3, -0.25) is 14.5 Å². The van der Waals surface area contributed by atoms with Gasteiger partial charge in [0.05, 0.1) is 18.7 Å². The summed E-state index contributed by atoms with van der Waals surface area (Å²) in [6, 6.07) is 5.02. The van der Waals surface area contributed by atoms with E-state index in [1.807, 2.05) is 4.90 Å². The highest BCUT2D eigenvalue weighted by atomic mass is 19.4. The number of piperidine rings is 1. The first-order valence-electron chi connectivity index (χ1n) is 9.03. The number of ether oxygens (including phenoxy) is 1. The molecule has 1 aromatic rings.